The van der Waals surface area contributed by atoms with E-state index in [9.17, 15) is 4.79 Å². The Labute approximate surface area is 162 Å². The molecule has 0 aliphatic rings. The van der Waals surface area contributed by atoms with E-state index >= 15 is 0 Å². The van der Waals surface area contributed by atoms with Crippen LogP contribution in [-0.4, -0.2) is 34.2 Å². The Morgan fingerprint density at radius 2 is 1.82 bits per heavy atom. The molecular weight excluding hydrogens is 360 g/mol. The number of aromatic nitrogens is 3. The molecule has 146 valence electrons. The fourth-order valence-corrected chi connectivity index (χ4v) is 2.55. The summed E-state index contributed by atoms with van der Waals surface area (Å²) in [5, 5.41) is 6.78. The summed E-state index contributed by atoms with van der Waals surface area (Å²) in [6.45, 7) is 4.85. The van der Waals surface area contributed by atoms with Crippen molar-refractivity contribution >= 4 is 11.6 Å². The van der Waals surface area contributed by atoms with E-state index in [-0.39, 0.29) is 12.3 Å². The fourth-order valence-electron chi connectivity index (χ4n) is 2.55. The molecule has 0 aliphatic heterocycles. The minimum atomic E-state index is -0.157. The number of pyridine rings is 1. The average molecular weight is 382 g/mol. The Balaban J connectivity index is 1.57. The van der Waals surface area contributed by atoms with Gasteiger partial charge in [-0.05, 0) is 38.1 Å². The second-order valence-electron chi connectivity index (χ2n) is 5.82. The van der Waals surface area contributed by atoms with Crippen LogP contribution < -0.4 is 14.8 Å². The van der Waals surface area contributed by atoms with Crippen LogP contribution in [0, 0.1) is 0 Å². The SMILES string of the molecule is CCOc1ccc(NC(=O)CCc2nc(-c3ccncc3)no2)cc1OCC. The van der Waals surface area contributed by atoms with Crippen LogP contribution in [-0.2, 0) is 11.2 Å². The quantitative estimate of drug-likeness (QED) is 0.604. The molecule has 8 nitrogen and oxygen atoms in total. The Morgan fingerprint density at radius 1 is 1.07 bits per heavy atom. The van der Waals surface area contributed by atoms with Crippen molar-refractivity contribution in [2.24, 2.45) is 0 Å². The van der Waals surface area contributed by atoms with Gasteiger partial charge < -0.3 is 19.3 Å². The van der Waals surface area contributed by atoms with Crippen LogP contribution in [0.1, 0.15) is 26.2 Å². The summed E-state index contributed by atoms with van der Waals surface area (Å²) in [6, 6.07) is 8.90. The highest BCUT2D eigenvalue weighted by atomic mass is 16.5. The van der Waals surface area contributed by atoms with Crippen LogP contribution in [0.2, 0.25) is 0 Å². The monoisotopic (exact) mass is 382 g/mol. The summed E-state index contributed by atoms with van der Waals surface area (Å²) in [4.78, 5) is 20.5. The lowest BCUT2D eigenvalue weighted by atomic mass is 10.2. The zero-order valence-corrected chi connectivity index (χ0v) is 15.8. The molecule has 1 amide bonds. The van der Waals surface area contributed by atoms with Gasteiger partial charge in [-0.1, -0.05) is 5.16 Å². The highest BCUT2D eigenvalue weighted by Crippen LogP contribution is 2.30. The number of nitrogens with zero attached hydrogens (tertiary/aromatic N) is 3. The largest absolute Gasteiger partial charge is 0.490 e. The predicted molar refractivity (Wildman–Crippen MR) is 103 cm³/mol. The van der Waals surface area contributed by atoms with Gasteiger partial charge in [0.15, 0.2) is 11.5 Å². The van der Waals surface area contributed by atoms with E-state index in [4.69, 9.17) is 14.0 Å². The number of benzene rings is 1. The van der Waals surface area contributed by atoms with Gasteiger partial charge in [0.05, 0.1) is 13.2 Å². The first-order valence-corrected chi connectivity index (χ1v) is 9.12. The third-order valence-corrected chi connectivity index (χ3v) is 3.80. The normalized spacial score (nSPS) is 10.5. The summed E-state index contributed by atoms with van der Waals surface area (Å²) in [5.74, 6) is 1.97. The van der Waals surface area contributed by atoms with Crippen LogP contribution in [0.25, 0.3) is 11.4 Å². The maximum Gasteiger partial charge on any atom is 0.227 e. The molecule has 28 heavy (non-hydrogen) atoms. The molecular formula is C20H22N4O4. The van der Waals surface area contributed by atoms with Gasteiger partial charge in [0.1, 0.15) is 0 Å². The molecule has 0 unspecified atom stereocenters. The lowest BCUT2D eigenvalue weighted by molar-refractivity contribution is -0.116. The minimum absolute atomic E-state index is 0.157. The molecule has 8 heteroatoms. The summed E-state index contributed by atoms with van der Waals surface area (Å²) in [6.07, 6.45) is 3.88. The van der Waals surface area contributed by atoms with Gasteiger partial charge in [-0.25, -0.2) is 0 Å². The first-order chi connectivity index (χ1) is 13.7. The van der Waals surface area contributed by atoms with E-state index < -0.39 is 0 Å². The van der Waals surface area contributed by atoms with Crippen LogP contribution in [0.15, 0.2) is 47.2 Å². The van der Waals surface area contributed by atoms with Crippen molar-refractivity contribution in [1.82, 2.24) is 15.1 Å². The van der Waals surface area contributed by atoms with Gasteiger partial charge in [0.25, 0.3) is 0 Å². The number of hydrogen-bond acceptors (Lipinski definition) is 7. The van der Waals surface area contributed by atoms with Gasteiger partial charge in [0, 0.05) is 42.6 Å². The van der Waals surface area contributed by atoms with Gasteiger partial charge in [-0.2, -0.15) is 4.98 Å². The zero-order valence-electron chi connectivity index (χ0n) is 15.8. The zero-order chi connectivity index (χ0) is 19.8. The number of rotatable bonds is 9. The number of hydrogen-bond donors (Lipinski definition) is 1. The second-order valence-corrected chi connectivity index (χ2v) is 5.82. The van der Waals surface area contributed by atoms with E-state index in [1.54, 1.807) is 42.7 Å². The molecule has 0 radical (unpaired) electrons. The number of carbonyl (C=O) groups excluding carboxylic acids is 1. The Bertz CT molecular complexity index is 912. The summed E-state index contributed by atoms with van der Waals surface area (Å²) < 4.78 is 16.3. The molecule has 3 aromatic rings. The van der Waals surface area contributed by atoms with Crippen LogP contribution in [0.4, 0.5) is 5.69 Å². The van der Waals surface area contributed by atoms with Crippen molar-refractivity contribution < 1.29 is 18.8 Å². The molecule has 1 N–H and O–H groups in total. The van der Waals surface area contributed by atoms with Gasteiger partial charge in [-0.15, -0.1) is 0 Å². The highest BCUT2D eigenvalue weighted by molar-refractivity contribution is 5.91. The number of nitrogens with one attached hydrogen (secondary N) is 1. The average Bonchev–Trinajstić information content (AvgIpc) is 3.19. The maximum absolute atomic E-state index is 12.3. The Kier molecular flexibility index (Phi) is 6.56. The van der Waals surface area contributed by atoms with Crippen LogP contribution in [0.3, 0.4) is 0 Å². The summed E-state index contributed by atoms with van der Waals surface area (Å²) in [7, 11) is 0. The molecule has 0 atom stereocenters. The van der Waals surface area contributed by atoms with E-state index in [1.165, 1.54) is 0 Å². The van der Waals surface area contributed by atoms with Crippen molar-refractivity contribution in [2.45, 2.75) is 26.7 Å². The molecule has 0 bridgehead atoms. The number of aryl methyl sites for hydroxylation is 1. The topological polar surface area (TPSA) is 99.4 Å². The standard InChI is InChI=1S/C20H22N4O4/c1-3-26-16-6-5-15(13-17(16)27-4-2)22-18(25)7-8-19-23-20(24-28-19)14-9-11-21-12-10-14/h5-6,9-13H,3-4,7-8H2,1-2H3,(H,22,25). The van der Waals surface area contributed by atoms with Crippen molar-refractivity contribution in [3.63, 3.8) is 0 Å². The van der Waals surface area contributed by atoms with Gasteiger partial charge >= 0.3 is 0 Å². The lowest BCUT2D eigenvalue weighted by Gasteiger charge is -2.12. The Hall–Kier alpha value is -3.42. The van der Waals surface area contributed by atoms with Gasteiger partial charge in [0.2, 0.25) is 17.6 Å². The molecule has 0 spiro atoms. The number of carbonyl (C=O) groups is 1. The molecule has 2 heterocycles. The second kappa shape index (κ2) is 9.50. The molecule has 2 aromatic heterocycles. The van der Waals surface area contributed by atoms with E-state index in [0.717, 1.165) is 5.56 Å². The third kappa shape index (κ3) is 5.06. The van der Waals surface area contributed by atoms with Crippen LogP contribution >= 0.6 is 0 Å². The summed E-state index contributed by atoms with van der Waals surface area (Å²) >= 11 is 0. The van der Waals surface area contributed by atoms with E-state index in [2.05, 4.69) is 20.4 Å². The van der Waals surface area contributed by atoms with Crippen molar-refractivity contribution in [2.75, 3.05) is 18.5 Å². The van der Waals surface area contributed by atoms with Crippen molar-refractivity contribution in [3.8, 4) is 22.9 Å². The smallest absolute Gasteiger partial charge is 0.227 e. The maximum atomic E-state index is 12.3. The van der Waals surface area contributed by atoms with Crippen molar-refractivity contribution in [3.05, 3.63) is 48.6 Å². The fraction of sp³-hybridized carbons (Fsp3) is 0.300. The lowest BCUT2D eigenvalue weighted by Crippen LogP contribution is -2.12. The molecule has 0 fully saturated rings. The third-order valence-electron chi connectivity index (χ3n) is 3.80. The first kappa shape index (κ1) is 19.3. The number of ether oxygens (including phenoxy) is 2. The highest BCUT2D eigenvalue weighted by Gasteiger charge is 2.12. The number of anilines is 1. The Morgan fingerprint density at radius 3 is 2.57 bits per heavy atom. The molecule has 3 rings (SSSR count). The van der Waals surface area contributed by atoms with E-state index in [1.807, 2.05) is 13.8 Å². The van der Waals surface area contributed by atoms with Crippen molar-refractivity contribution in [1.29, 1.82) is 0 Å². The number of amides is 1. The molecule has 0 aliphatic carbocycles. The van der Waals surface area contributed by atoms with E-state index in [0.29, 0.717) is 48.5 Å². The van der Waals surface area contributed by atoms with Crippen LogP contribution in [0.5, 0.6) is 11.5 Å². The minimum Gasteiger partial charge on any atom is -0.490 e. The summed E-state index contributed by atoms with van der Waals surface area (Å²) in [5.41, 5.74) is 1.45. The molecule has 0 saturated carbocycles. The molecule has 0 saturated heterocycles. The predicted octanol–water partition coefficient (Wildman–Crippen LogP) is 3.50. The first-order valence-electron chi connectivity index (χ1n) is 9.12. The van der Waals surface area contributed by atoms with Gasteiger partial charge in [-0.3, -0.25) is 9.78 Å². The molecule has 1 aromatic carbocycles.